The maximum absolute atomic E-state index is 12.5. The number of methoxy groups -OCH3 is 1. The molecule has 0 aliphatic rings. The number of hydrogen-bond donors (Lipinski definition) is 0. The summed E-state index contributed by atoms with van der Waals surface area (Å²) in [5.41, 5.74) is -0.399. The monoisotopic (exact) mass is 300 g/mol. The van der Waals surface area contributed by atoms with Gasteiger partial charge in [0.2, 0.25) is 5.92 Å². The third-order valence-electron chi connectivity index (χ3n) is 2.54. The van der Waals surface area contributed by atoms with Gasteiger partial charge in [-0.25, -0.2) is 0 Å². The molecule has 2 nitrogen and oxygen atoms in total. The molecule has 20 heavy (non-hydrogen) atoms. The molecule has 0 fully saturated rings. The molecule has 0 amide bonds. The van der Waals surface area contributed by atoms with E-state index in [2.05, 4.69) is 4.74 Å². The number of hydrogen-bond acceptors (Lipinski definition) is 2. The first kappa shape index (κ1) is 16.3. The van der Waals surface area contributed by atoms with Gasteiger partial charge in [0.05, 0.1) is 12.7 Å². The van der Waals surface area contributed by atoms with Crippen molar-refractivity contribution in [1.29, 1.82) is 0 Å². The number of alkyl halides is 6. The standard InChI is InChI=1S/C12H10F6O2/c1-6-3-4-8(20-2)7(5-6)9(19)10(11(13,14)15)12(16,17)18/h3-5,10H,1-2H3. The van der Waals surface area contributed by atoms with Crippen molar-refractivity contribution >= 4 is 5.78 Å². The van der Waals surface area contributed by atoms with Gasteiger partial charge < -0.3 is 4.74 Å². The minimum atomic E-state index is -5.72. The van der Waals surface area contributed by atoms with Gasteiger partial charge in [0, 0.05) is 0 Å². The Morgan fingerprint density at radius 3 is 2.00 bits per heavy atom. The molecule has 1 aromatic carbocycles. The third kappa shape index (κ3) is 3.43. The molecule has 1 rings (SSSR count). The molecule has 0 aliphatic heterocycles. The summed E-state index contributed by atoms with van der Waals surface area (Å²) in [5, 5.41) is 0. The highest BCUT2D eigenvalue weighted by atomic mass is 19.4. The second kappa shape index (κ2) is 5.34. The van der Waals surface area contributed by atoms with Gasteiger partial charge in [-0.1, -0.05) is 11.6 Å². The van der Waals surface area contributed by atoms with E-state index in [9.17, 15) is 31.1 Å². The number of aryl methyl sites for hydroxylation is 1. The van der Waals surface area contributed by atoms with Crippen molar-refractivity contribution in [2.75, 3.05) is 7.11 Å². The van der Waals surface area contributed by atoms with Crippen molar-refractivity contribution in [3.63, 3.8) is 0 Å². The van der Waals surface area contributed by atoms with Gasteiger partial charge in [-0.2, -0.15) is 26.3 Å². The van der Waals surface area contributed by atoms with Gasteiger partial charge in [-0.05, 0) is 19.1 Å². The number of Topliss-reactive ketones (excluding diaryl/α,β-unsaturated/α-hetero) is 1. The molecular formula is C12H10F6O2. The van der Waals surface area contributed by atoms with Crippen LogP contribution in [0.2, 0.25) is 0 Å². The van der Waals surface area contributed by atoms with Crippen molar-refractivity contribution in [2.24, 2.45) is 5.92 Å². The summed E-state index contributed by atoms with van der Waals surface area (Å²) >= 11 is 0. The van der Waals surface area contributed by atoms with Gasteiger partial charge in [0.25, 0.3) is 0 Å². The lowest BCUT2D eigenvalue weighted by molar-refractivity contribution is -0.264. The lowest BCUT2D eigenvalue weighted by Gasteiger charge is -2.22. The van der Waals surface area contributed by atoms with Crippen molar-refractivity contribution in [3.8, 4) is 5.75 Å². The Morgan fingerprint density at radius 1 is 1.10 bits per heavy atom. The zero-order valence-electron chi connectivity index (χ0n) is 10.4. The lowest BCUT2D eigenvalue weighted by atomic mass is 9.94. The minimum absolute atomic E-state index is 0.334. The summed E-state index contributed by atoms with van der Waals surface area (Å²) in [6, 6.07) is 3.49. The van der Waals surface area contributed by atoms with Crippen LogP contribution in [0.25, 0.3) is 0 Å². The number of carbonyl (C=O) groups excluding carboxylic acids is 1. The average molecular weight is 300 g/mol. The molecule has 0 saturated heterocycles. The molecule has 0 bridgehead atoms. The molecule has 0 aliphatic carbocycles. The zero-order chi connectivity index (χ0) is 15.7. The molecule has 0 heterocycles. The first-order chi connectivity index (χ1) is 8.98. The summed E-state index contributed by atoms with van der Waals surface area (Å²) in [4.78, 5) is 11.7. The van der Waals surface area contributed by atoms with Crippen LogP contribution in [0.3, 0.4) is 0 Å². The zero-order valence-corrected chi connectivity index (χ0v) is 10.4. The van der Waals surface area contributed by atoms with E-state index in [1.165, 1.54) is 13.0 Å². The fourth-order valence-electron chi connectivity index (χ4n) is 1.65. The quantitative estimate of drug-likeness (QED) is 0.624. The van der Waals surface area contributed by atoms with Gasteiger partial charge in [-0.15, -0.1) is 0 Å². The van der Waals surface area contributed by atoms with Crippen LogP contribution >= 0.6 is 0 Å². The molecule has 0 N–H and O–H groups in total. The van der Waals surface area contributed by atoms with Gasteiger partial charge >= 0.3 is 12.4 Å². The van der Waals surface area contributed by atoms with Crippen molar-refractivity contribution in [3.05, 3.63) is 29.3 Å². The predicted octanol–water partition coefficient (Wildman–Crippen LogP) is 3.93. The molecular weight excluding hydrogens is 290 g/mol. The van der Waals surface area contributed by atoms with Crippen LogP contribution in [0, 0.1) is 12.8 Å². The maximum Gasteiger partial charge on any atom is 0.407 e. The van der Waals surface area contributed by atoms with Crippen LogP contribution in [-0.4, -0.2) is 25.2 Å². The van der Waals surface area contributed by atoms with E-state index in [4.69, 9.17) is 0 Å². The van der Waals surface area contributed by atoms with Crippen molar-refractivity contribution in [2.45, 2.75) is 19.3 Å². The van der Waals surface area contributed by atoms with E-state index in [-0.39, 0.29) is 5.75 Å². The molecule has 0 radical (unpaired) electrons. The van der Waals surface area contributed by atoms with Crippen LogP contribution in [0.1, 0.15) is 15.9 Å². The molecule has 1 aromatic rings. The Kier molecular flexibility index (Phi) is 4.36. The summed E-state index contributed by atoms with van der Waals surface area (Å²) < 4.78 is 79.7. The van der Waals surface area contributed by atoms with E-state index < -0.39 is 29.6 Å². The first-order valence-electron chi connectivity index (χ1n) is 5.30. The molecule has 0 atom stereocenters. The summed E-state index contributed by atoms with van der Waals surface area (Å²) in [6.07, 6.45) is -11.4. The maximum atomic E-state index is 12.5. The van der Waals surface area contributed by atoms with Crippen LogP contribution in [-0.2, 0) is 0 Å². The van der Waals surface area contributed by atoms with Crippen molar-refractivity contribution < 1.29 is 35.9 Å². The molecule has 0 saturated carbocycles. The SMILES string of the molecule is COc1ccc(C)cc1C(=O)C(C(F)(F)F)C(F)(F)F. The number of carbonyl (C=O) groups is 1. The van der Waals surface area contributed by atoms with Gasteiger partial charge in [0.15, 0.2) is 5.78 Å². The number of rotatable bonds is 3. The Labute approximate surface area is 110 Å². The van der Waals surface area contributed by atoms with Crippen LogP contribution in [0.4, 0.5) is 26.3 Å². The highest BCUT2D eigenvalue weighted by Gasteiger charge is 2.61. The fourth-order valence-corrected chi connectivity index (χ4v) is 1.65. The van der Waals surface area contributed by atoms with Crippen molar-refractivity contribution in [1.82, 2.24) is 0 Å². The smallest absolute Gasteiger partial charge is 0.407 e. The Hall–Kier alpha value is -1.73. The summed E-state index contributed by atoms with van der Waals surface area (Å²) in [6.45, 7) is 1.44. The molecule has 0 unspecified atom stereocenters. The largest absolute Gasteiger partial charge is 0.496 e. The third-order valence-corrected chi connectivity index (χ3v) is 2.54. The summed E-state index contributed by atoms with van der Waals surface area (Å²) in [7, 11) is 1.05. The highest BCUT2D eigenvalue weighted by Crippen LogP contribution is 2.42. The topological polar surface area (TPSA) is 26.3 Å². The predicted molar refractivity (Wildman–Crippen MR) is 57.7 cm³/mol. The van der Waals surface area contributed by atoms with E-state index in [0.717, 1.165) is 19.2 Å². The fraction of sp³-hybridized carbons (Fsp3) is 0.417. The second-order valence-corrected chi connectivity index (χ2v) is 4.08. The molecule has 0 spiro atoms. The number of halogens is 6. The van der Waals surface area contributed by atoms with E-state index in [0.29, 0.717) is 5.56 Å². The molecule has 0 aromatic heterocycles. The Bertz CT molecular complexity index is 490. The van der Waals surface area contributed by atoms with E-state index in [1.807, 2.05) is 0 Å². The average Bonchev–Trinajstić information content (AvgIpc) is 2.24. The lowest BCUT2D eigenvalue weighted by Crippen LogP contribution is -2.42. The molecule has 8 heteroatoms. The van der Waals surface area contributed by atoms with Gasteiger partial charge in [0.1, 0.15) is 5.75 Å². The highest BCUT2D eigenvalue weighted by molar-refractivity contribution is 6.01. The van der Waals surface area contributed by atoms with E-state index in [1.54, 1.807) is 0 Å². The number of ketones is 1. The second-order valence-electron chi connectivity index (χ2n) is 4.08. The van der Waals surface area contributed by atoms with Gasteiger partial charge in [-0.3, -0.25) is 4.79 Å². The number of benzene rings is 1. The Morgan fingerprint density at radius 2 is 1.60 bits per heavy atom. The molecule has 112 valence electrons. The normalized spacial score (nSPS) is 12.7. The van der Waals surface area contributed by atoms with Crippen LogP contribution < -0.4 is 4.74 Å². The minimum Gasteiger partial charge on any atom is -0.496 e. The summed E-state index contributed by atoms with van der Waals surface area (Å²) in [5.74, 6) is -6.48. The first-order valence-corrected chi connectivity index (χ1v) is 5.30. The van der Waals surface area contributed by atoms with E-state index >= 15 is 0 Å². The van der Waals surface area contributed by atoms with Crippen LogP contribution in [0.15, 0.2) is 18.2 Å². The number of ether oxygens (including phenoxy) is 1. The Balaban J connectivity index is 3.37. The van der Waals surface area contributed by atoms with Crippen LogP contribution in [0.5, 0.6) is 5.75 Å².